The Morgan fingerprint density at radius 3 is 2.29 bits per heavy atom. The molecule has 1 aromatic carbocycles. The van der Waals surface area contributed by atoms with E-state index in [1.165, 1.54) is 55.9 Å². The monoisotopic (exact) mass is 394 g/mol. The minimum atomic E-state index is -5.30. The molecule has 1 aromatic heterocycles. The summed E-state index contributed by atoms with van der Waals surface area (Å²) in [5.74, 6) is -2.51. The number of rotatable bonds is 4. The molecule has 3 rings (SSSR count). The van der Waals surface area contributed by atoms with E-state index in [4.69, 9.17) is 4.74 Å². The predicted molar refractivity (Wildman–Crippen MR) is 89.5 cm³/mol. The summed E-state index contributed by atoms with van der Waals surface area (Å²) in [6, 6.07) is 6.24. The zero-order chi connectivity index (χ0) is 20.5. The summed E-state index contributed by atoms with van der Waals surface area (Å²) in [6.07, 6.45) is -2.90. The first-order chi connectivity index (χ1) is 13.2. The van der Waals surface area contributed by atoms with Crippen molar-refractivity contribution in [1.29, 1.82) is 0 Å². The number of methoxy groups -OCH3 is 1. The Kier molecular flexibility index (Phi) is 4.67. The molecule has 8 nitrogen and oxygen atoms in total. The largest absolute Gasteiger partial charge is 0.497 e. The molecule has 2 N–H and O–H groups in total. The third-order valence-corrected chi connectivity index (χ3v) is 4.02. The van der Waals surface area contributed by atoms with Crippen molar-refractivity contribution in [2.24, 2.45) is 0 Å². The zero-order valence-electron chi connectivity index (χ0n) is 14.3. The van der Waals surface area contributed by atoms with Crippen LogP contribution in [-0.4, -0.2) is 41.8 Å². The Morgan fingerprint density at radius 1 is 1.14 bits per heavy atom. The summed E-state index contributed by atoms with van der Waals surface area (Å²) in [7, 11) is 1.38. The summed E-state index contributed by atoms with van der Waals surface area (Å²) in [4.78, 5) is 41.1. The van der Waals surface area contributed by atoms with Crippen LogP contribution in [-0.2, 0) is 4.79 Å². The van der Waals surface area contributed by atoms with Crippen LogP contribution in [0, 0.1) is 0 Å². The van der Waals surface area contributed by atoms with E-state index in [1.54, 1.807) is 10.6 Å². The van der Waals surface area contributed by atoms with Gasteiger partial charge in [0.2, 0.25) is 0 Å². The fourth-order valence-corrected chi connectivity index (χ4v) is 2.59. The van der Waals surface area contributed by atoms with Gasteiger partial charge in [-0.3, -0.25) is 19.9 Å². The van der Waals surface area contributed by atoms with E-state index in [0.29, 0.717) is 10.6 Å². The lowest BCUT2D eigenvalue weighted by atomic mass is 10.1. The molecular weight excluding hydrogens is 381 g/mol. The Hall–Kier alpha value is -3.63. The number of benzene rings is 1. The second-order valence-corrected chi connectivity index (χ2v) is 5.71. The van der Waals surface area contributed by atoms with Crippen molar-refractivity contribution in [2.75, 3.05) is 12.0 Å². The number of anilines is 1. The molecule has 11 heteroatoms. The van der Waals surface area contributed by atoms with Crippen molar-refractivity contribution >= 4 is 23.5 Å². The molecule has 2 aromatic rings. The highest BCUT2D eigenvalue weighted by molar-refractivity contribution is 6.24. The molecule has 1 saturated heterocycles. The molecule has 1 aliphatic heterocycles. The molecule has 2 heterocycles. The summed E-state index contributed by atoms with van der Waals surface area (Å²) < 4.78 is 46.4. The number of carbonyl (C=O) groups excluding carboxylic acids is 3. The van der Waals surface area contributed by atoms with Crippen molar-refractivity contribution in [3.8, 4) is 5.75 Å². The van der Waals surface area contributed by atoms with Crippen LogP contribution in [0.1, 0.15) is 10.4 Å². The number of hydrogen-bond donors (Lipinski definition) is 2. The molecule has 0 bridgehead atoms. The highest BCUT2D eigenvalue weighted by atomic mass is 19.4. The molecule has 1 atom stereocenters. The molecule has 1 aliphatic rings. The van der Waals surface area contributed by atoms with E-state index in [2.05, 4.69) is 4.98 Å². The summed E-state index contributed by atoms with van der Waals surface area (Å²) in [6.45, 7) is 0. The number of amides is 4. The van der Waals surface area contributed by atoms with Crippen LogP contribution in [0.3, 0.4) is 0 Å². The van der Waals surface area contributed by atoms with Gasteiger partial charge in [-0.2, -0.15) is 13.2 Å². The minimum absolute atomic E-state index is 0.118. The summed E-state index contributed by atoms with van der Waals surface area (Å²) in [5, 5.41) is 3.18. The molecule has 28 heavy (non-hydrogen) atoms. The lowest BCUT2D eigenvalue weighted by molar-refractivity contribution is -0.197. The first kappa shape index (κ1) is 19.1. The van der Waals surface area contributed by atoms with Crippen molar-refractivity contribution < 1.29 is 32.3 Å². The Morgan fingerprint density at radius 2 is 1.75 bits per heavy atom. The van der Waals surface area contributed by atoms with Crippen molar-refractivity contribution in [1.82, 2.24) is 15.6 Å². The van der Waals surface area contributed by atoms with Crippen LogP contribution in [0.15, 0.2) is 48.8 Å². The van der Waals surface area contributed by atoms with Gasteiger partial charge in [0, 0.05) is 18.0 Å². The average Bonchev–Trinajstić information content (AvgIpc) is 2.93. The summed E-state index contributed by atoms with van der Waals surface area (Å²) in [5.41, 5.74) is -3.89. The third kappa shape index (κ3) is 3.10. The van der Waals surface area contributed by atoms with Crippen LogP contribution < -0.4 is 20.3 Å². The normalized spacial score (nSPS) is 19.4. The molecule has 4 amide bonds. The smallest absolute Gasteiger partial charge is 0.440 e. The van der Waals surface area contributed by atoms with Crippen molar-refractivity contribution in [2.45, 2.75) is 11.8 Å². The fraction of sp³-hybridized carbons (Fsp3) is 0.176. The maximum atomic E-state index is 13.8. The molecule has 0 radical (unpaired) electrons. The zero-order valence-corrected chi connectivity index (χ0v) is 14.3. The molecule has 1 fully saturated rings. The van der Waals surface area contributed by atoms with Gasteiger partial charge >= 0.3 is 12.2 Å². The SMILES string of the molecule is COc1ccc(N2C(=O)N[C@@](NC(=O)c3ccncc3)(C(F)(F)F)C2=O)cc1. The molecule has 0 saturated carbocycles. The third-order valence-electron chi connectivity index (χ3n) is 4.02. The number of ether oxygens (including phenoxy) is 1. The van der Waals surface area contributed by atoms with E-state index in [0.717, 1.165) is 0 Å². The van der Waals surface area contributed by atoms with Crippen molar-refractivity contribution in [3.05, 3.63) is 54.4 Å². The van der Waals surface area contributed by atoms with E-state index in [1.807, 2.05) is 0 Å². The van der Waals surface area contributed by atoms with Gasteiger partial charge in [-0.1, -0.05) is 0 Å². The maximum absolute atomic E-state index is 13.8. The van der Waals surface area contributed by atoms with Gasteiger partial charge < -0.3 is 10.1 Å². The predicted octanol–water partition coefficient (Wildman–Crippen LogP) is 1.83. The number of urea groups is 1. The Bertz CT molecular complexity index is 918. The Labute approximate surface area is 156 Å². The van der Waals surface area contributed by atoms with Crippen molar-refractivity contribution in [3.63, 3.8) is 0 Å². The van der Waals surface area contributed by atoms with Gasteiger partial charge in [0.25, 0.3) is 17.5 Å². The number of carbonyl (C=O) groups is 3. The molecule has 0 spiro atoms. The minimum Gasteiger partial charge on any atom is -0.497 e. The first-order valence-corrected chi connectivity index (χ1v) is 7.79. The molecule has 146 valence electrons. The topological polar surface area (TPSA) is 101 Å². The van der Waals surface area contributed by atoms with E-state index in [-0.39, 0.29) is 11.3 Å². The maximum Gasteiger partial charge on any atom is 0.440 e. The van der Waals surface area contributed by atoms with E-state index < -0.39 is 29.7 Å². The van der Waals surface area contributed by atoms with Gasteiger partial charge in [-0.05, 0) is 36.4 Å². The number of nitrogens with one attached hydrogen (secondary N) is 2. The van der Waals surface area contributed by atoms with Crippen LogP contribution in [0.25, 0.3) is 0 Å². The highest BCUT2D eigenvalue weighted by Crippen LogP contribution is 2.36. The van der Waals surface area contributed by atoms with Gasteiger partial charge in [0.1, 0.15) is 5.75 Å². The first-order valence-electron chi connectivity index (χ1n) is 7.79. The number of nitrogens with zero attached hydrogens (tertiary/aromatic N) is 2. The van der Waals surface area contributed by atoms with Gasteiger partial charge in [-0.15, -0.1) is 0 Å². The number of halogens is 3. The lowest BCUT2D eigenvalue weighted by Gasteiger charge is -2.29. The van der Waals surface area contributed by atoms with Gasteiger partial charge in [-0.25, -0.2) is 9.69 Å². The lowest BCUT2D eigenvalue weighted by Crippen LogP contribution is -2.69. The highest BCUT2D eigenvalue weighted by Gasteiger charge is 2.69. The van der Waals surface area contributed by atoms with Gasteiger partial charge in [0.15, 0.2) is 0 Å². The fourth-order valence-electron chi connectivity index (χ4n) is 2.59. The van der Waals surface area contributed by atoms with Crippen LogP contribution in [0.2, 0.25) is 0 Å². The van der Waals surface area contributed by atoms with Crippen LogP contribution in [0.5, 0.6) is 5.75 Å². The van der Waals surface area contributed by atoms with E-state index >= 15 is 0 Å². The number of pyridine rings is 1. The summed E-state index contributed by atoms with van der Waals surface area (Å²) >= 11 is 0. The quantitative estimate of drug-likeness (QED) is 0.771. The Balaban J connectivity index is 1.98. The number of alkyl halides is 3. The standard InChI is InChI=1S/C17H13F3N4O4/c1-28-12-4-2-11(3-5-12)24-14(26)16(17(18,19)20,23-15(24)27)22-13(25)10-6-8-21-9-7-10/h2-9H,1H3,(H,22,25)(H,23,27)/t16-/m1/s1. The van der Waals surface area contributed by atoms with Crippen LogP contribution >= 0.6 is 0 Å². The average molecular weight is 394 g/mol. The molecule has 0 aliphatic carbocycles. The number of hydrogen-bond acceptors (Lipinski definition) is 5. The number of imide groups is 1. The van der Waals surface area contributed by atoms with Crippen LogP contribution in [0.4, 0.5) is 23.7 Å². The van der Waals surface area contributed by atoms with Gasteiger partial charge in [0.05, 0.1) is 12.8 Å². The molecular formula is C17H13F3N4O4. The van der Waals surface area contributed by atoms with E-state index in [9.17, 15) is 27.6 Å². The second kappa shape index (κ2) is 6.83. The molecule has 0 unspecified atom stereocenters. The number of aromatic nitrogens is 1. The second-order valence-electron chi connectivity index (χ2n) is 5.71.